The van der Waals surface area contributed by atoms with Gasteiger partial charge in [-0.3, -0.25) is 0 Å². The number of fused-ring (bicyclic) bond motifs is 1. The number of benzene rings is 1. The highest BCUT2D eigenvalue weighted by Gasteiger charge is 2.09. The summed E-state index contributed by atoms with van der Waals surface area (Å²) in [5.41, 5.74) is 0.444. The Morgan fingerprint density at radius 1 is 1.46 bits per heavy atom. The van der Waals surface area contributed by atoms with E-state index in [0.29, 0.717) is 10.5 Å². The van der Waals surface area contributed by atoms with Crippen LogP contribution >= 0.6 is 34.2 Å². The van der Waals surface area contributed by atoms with Crippen LogP contribution in [0, 0.1) is 3.57 Å². The maximum atomic E-state index is 9.54. The van der Waals surface area contributed by atoms with Crippen LogP contribution in [0.2, 0.25) is 5.02 Å². The molecule has 1 N–H and O–H groups in total. The highest BCUT2D eigenvalue weighted by Crippen LogP contribution is 2.33. The maximum absolute atomic E-state index is 9.54. The maximum Gasteiger partial charge on any atom is 0.162 e. The Bertz CT molecular complexity index is 475. The Hall–Kier alpha value is -0.620. The topological polar surface area (TPSA) is 46.0 Å². The van der Waals surface area contributed by atoms with Gasteiger partial charge in [-0.25, -0.2) is 0 Å². The second-order valence-corrected chi connectivity index (χ2v) is 4.05. The Balaban J connectivity index is 2.97. The van der Waals surface area contributed by atoms with Gasteiger partial charge in [-0.05, 0) is 34.7 Å². The monoisotopic (exact) mass is 306 g/mol. The number of phenolic OH excluding ortho intramolecular Hbond substituents is 1. The molecule has 0 aliphatic heterocycles. The number of rotatable bonds is 0. The number of aromatic nitrogens is 2. The molecule has 1 heterocycles. The molecule has 1 aromatic heterocycles. The molecule has 0 amide bonds. The van der Waals surface area contributed by atoms with E-state index in [-0.39, 0.29) is 5.75 Å². The average molecular weight is 306 g/mol. The summed E-state index contributed by atoms with van der Waals surface area (Å²) in [4.78, 5) is 0. The summed E-state index contributed by atoms with van der Waals surface area (Å²) in [6.07, 6.45) is 1.58. The number of hydrogen-bond acceptors (Lipinski definition) is 3. The molecule has 3 nitrogen and oxygen atoms in total. The third-order valence-corrected chi connectivity index (χ3v) is 2.86. The van der Waals surface area contributed by atoms with Crippen molar-refractivity contribution < 1.29 is 5.11 Å². The van der Waals surface area contributed by atoms with Gasteiger partial charge in [-0.2, -0.15) is 5.10 Å². The van der Waals surface area contributed by atoms with Gasteiger partial charge in [0.15, 0.2) is 5.75 Å². The van der Waals surface area contributed by atoms with Gasteiger partial charge in [0.2, 0.25) is 0 Å². The highest BCUT2D eigenvalue weighted by molar-refractivity contribution is 14.1. The van der Waals surface area contributed by atoms with Crippen molar-refractivity contribution in [2.75, 3.05) is 0 Å². The Morgan fingerprint density at radius 2 is 2.23 bits per heavy atom. The minimum atomic E-state index is -0.00909. The first-order valence-corrected chi connectivity index (χ1v) is 4.94. The molecule has 0 aliphatic carbocycles. The molecule has 1 aromatic carbocycles. The fraction of sp³-hybridized carbons (Fsp3) is 0. The highest BCUT2D eigenvalue weighted by atomic mass is 127. The first-order chi connectivity index (χ1) is 6.20. The van der Waals surface area contributed by atoms with Crippen LogP contribution in [0.15, 0.2) is 18.3 Å². The normalized spacial score (nSPS) is 10.6. The molecular formula is C8H4ClIN2O. The summed E-state index contributed by atoms with van der Waals surface area (Å²) >= 11 is 7.91. The van der Waals surface area contributed by atoms with Gasteiger partial charge in [-0.1, -0.05) is 11.6 Å². The fourth-order valence-corrected chi connectivity index (χ4v) is 2.20. The SMILES string of the molecule is Oc1c(Cl)cc(I)c2ccnnc12. The van der Waals surface area contributed by atoms with E-state index in [4.69, 9.17) is 11.6 Å². The van der Waals surface area contributed by atoms with Crippen LogP contribution in [0.3, 0.4) is 0 Å². The summed E-state index contributed by atoms with van der Waals surface area (Å²) in [5.74, 6) is -0.00909. The molecule has 0 bridgehead atoms. The quantitative estimate of drug-likeness (QED) is 0.761. The van der Waals surface area contributed by atoms with E-state index < -0.39 is 0 Å². The van der Waals surface area contributed by atoms with Crippen LogP contribution in [0.1, 0.15) is 0 Å². The van der Waals surface area contributed by atoms with Gasteiger partial charge in [-0.15, -0.1) is 5.10 Å². The van der Waals surface area contributed by atoms with Crippen LogP contribution in [-0.4, -0.2) is 15.3 Å². The molecule has 0 unspecified atom stereocenters. The molecule has 66 valence electrons. The van der Waals surface area contributed by atoms with E-state index in [1.807, 2.05) is 0 Å². The molecule has 0 saturated heterocycles. The van der Waals surface area contributed by atoms with Crippen LogP contribution in [0.5, 0.6) is 5.75 Å². The minimum Gasteiger partial charge on any atom is -0.504 e. The fourth-order valence-electron chi connectivity index (χ4n) is 1.07. The smallest absolute Gasteiger partial charge is 0.162 e. The molecule has 13 heavy (non-hydrogen) atoms. The predicted octanol–water partition coefficient (Wildman–Crippen LogP) is 2.59. The van der Waals surface area contributed by atoms with E-state index in [2.05, 4.69) is 32.8 Å². The van der Waals surface area contributed by atoms with E-state index >= 15 is 0 Å². The number of halogens is 2. The summed E-state index contributed by atoms with van der Waals surface area (Å²) in [7, 11) is 0. The van der Waals surface area contributed by atoms with Crippen molar-refractivity contribution in [2.45, 2.75) is 0 Å². The molecule has 0 fully saturated rings. The lowest BCUT2D eigenvalue weighted by Crippen LogP contribution is -1.86. The lowest BCUT2D eigenvalue weighted by Gasteiger charge is -2.02. The van der Waals surface area contributed by atoms with Gasteiger partial charge in [0.1, 0.15) is 5.52 Å². The Kier molecular flexibility index (Phi) is 2.25. The lowest BCUT2D eigenvalue weighted by molar-refractivity contribution is 0.480. The summed E-state index contributed by atoms with van der Waals surface area (Å²) in [6.45, 7) is 0. The van der Waals surface area contributed by atoms with Crippen molar-refractivity contribution in [3.8, 4) is 5.75 Å². The molecule has 0 aliphatic rings. The third-order valence-electron chi connectivity index (χ3n) is 1.68. The van der Waals surface area contributed by atoms with Gasteiger partial charge in [0.05, 0.1) is 11.2 Å². The number of phenols is 1. The Morgan fingerprint density at radius 3 is 3.00 bits per heavy atom. The van der Waals surface area contributed by atoms with E-state index in [0.717, 1.165) is 8.96 Å². The van der Waals surface area contributed by atoms with Gasteiger partial charge in [0.25, 0.3) is 0 Å². The van der Waals surface area contributed by atoms with Crippen molar-refractivity contribution in [3.05, 3.63) is 26.9 Å². The summed E-state index contributed by atoms with van der Waals surface area (Å²) < 4.78 is 0.949. The van der Waals surface area contributed by atoms with E-state index in [9.17, 15) is 5.11 Å². The number of aromatic hydroxyl groups is 1. The largest absolute Gasteiger partial charge is 0.504 e. The van der Waals surface area contributed by atoms with Crippen molar-refractivity contribution in [3.63, 3.8) is 0 Å². The molecule has 0 saturated carbocycles. The summed E-state index contributed by atoms with van der Waals surface area (Å²) in [5, 5.41) is 18.2. The molecule has 0 atom stereocenters. The van der Waals surface area contributed by atoms with Gasteiger partial charge >= 0.3 is 0 Å². The van der Waals surface area contributed by atoms with Crippen molar-refractivity contribution in [2.24, 2.45) is 0 Å². The number of nitrogens with zero attached hydrogens (tertiary/aromatic N) is 2. The zero-order valence-electron chi connectivity index (χ0n) is 6.33. The molecule has 2 aromatic rings. The zero-order chi connectivity index (χ0) is 9.42. The second-order valence-electron chi connectivity index (χ2n) is 2.48. The third kappa shape index (κ3) is 1.44. The van der Waals surface area contributed by atoms with Crippen LogP contribution in [0.4, 0.5) is 0 Å². The second kappa shape index (κ2) is 3.26. The minimum absolute atomic E-state index is 0.00909. The molecule has 0 radical (unpaired) electrons. The van der Waals surface area contributed by atoms with E-state index in [1.165, 1.54) is 0 Å². The molecule has 5 heteroatoms. The van der Waals surface area contributed by atoms with Crippen LogP contribution in [-0.2, 0) is 0 Å². The van der Waals surface area contributed by atoms with Crippen molar-refractivity contribution in [1.82, 2.24) is 10.2 Å². The van der Waals surface area contributed by atoms with E-state index in [1.54, 1.807) is 18.3 Å². The van der Waals surface area contributed by atoms with Gasteiger partial charge < -0.3 is 5.11 Å². The predicted molar refractivity (Wildman–Crippen MR) is 58.9 cm³/mol. The molecule has 2 rings (SSSR count). The van der Waals surface area contributed by atoms with Crippen molar-refractivity contribution >= 4 is 45.1 Å². The van der Waals surface area contributed by atoms with Crippen LogP contribution < -0.4 is 0 Å². The average Bonchev–Trinajstić information content (AvgIpc) is 2.15. The Labute approximate surface area is 92.9 Å². The van der Waals surface area contributed by atoms with Crippen molar-refractivity contribution in [1.29, 1.82) is 0 Å². The molecular weight excluding hydrogens is 302 g/mol. The van der Waals surface area contributed by atoms with Crippen LogP contribution in [0.25, 0.3) is 10.9 Å². The summed E-state index contributed by atoms with van der Waals surface area (Å²) in [6, 6.07) is 3.49. The lowest BCUT2D eigenvalue weighted by atomic mass is 10.2. The number of hydrogen-bond donors (Lipinski definition) is 1. The standard InChI is InChI=1S/C8H4ClIN2O/c9-5-3-6(10)4-1-2-11-12-7(4)8(5)13/h1-3,13H. The van der Waals surface area contributed by atoms with Gasteiger partial charge in [0, 0.05) is 8.96 Å². The zero-order valence-corrected chi connectivity index (χ0v) is 9.24. The molecule has 0 spiro atoms. The first kappa shape index (κ1) is 8.96. The first-order valence-electron chi connectivity index (χ1n) is 3.48.